The van der Waals surface area contributed by atoms with Crippen LogP contribution in [0.1, 0.15) is 28.0 Å². The van der Waals surface area contributed by atoms with Crippen LogP contribution in [0.15, 0.2) is 24.3 Å². The van der Waals surface area contributed by atoms with E-state index in [-0.39, 0.29) is 5.69 Å². The van der Waals surface area contributed by atoms with Crippen molar-refractivity contribution in [1.29, 1.82) is 0 Å². The summed E-state index contributed by atoms with van der Waals surface area (Å²) in [5.74, 6) is 2.15. The lowest BCUT2D eigenvalue weighted by Gasteiger charge is -2.02. The lowest BCUT2D eigenvalue weighted by molar-refractivity contribution is 0.0521. The summed E-state index contributed by atoms with van der Waals surface area (Å²) in [6.45, 7) is 3.96. The Morgan fingerprint density at radius 2 is 2.32 bits per heavy atom. The van der Waals surface area contributed by atoms with Gasteiger partial charge in [-0.05, 0) is 32.0 Å². The van der Waals surface area contributed by atoms with Gasteiger partial charge in [-0.3, -0.25) is 0 Å². The number of aromatic nitrogens is 3. The molecule has 0 bridgehead atoms. The first kappa shape index (κ1) is 14.3. The molecule has 5 nitrogen and oxygen atoms in total. The topological polar surface area (TPSA) is 57.0 Å². The van der Waals surface area contributed by atoms with E-state index >= 15 is 0 Å². The molecule has 2 heterocycles. The van der Waals surface area contributed by atoms with Gasteiger partial charge in [-0.15, -0.1) is 17.8 Å². The molecule has 6 heteroatoms. The Kier molecular flexibility index (Phi) is 3.65. The number of nitrogens with zero attached hydrogens (tertiary/aromatic N) is 3. The molecule has 0 radical (unpaired) electrons. The molecule has 0 amide bonds. The van der Waals surface area contributed by atoms with Gasteiger partial charge >= 0.3 is 5.97 Å². The SMILES string of the molecule is C#Cc1cccc(-n2nc(C(=O)OCC)c3sc(C)nc32)c1. The Morgan fingerprint density at radius 3 is 3.05 bits per heavy atom. The second kappa shape index (κ2) is 5.62. The van der Waals surface area contributed by atoms with Crippen LogP contribution in [-0.4, -0.2) is 27.3 Å². The number of hydrogen-bond acceptors (Lipinski definition) is 5. The number of fused-ring (bicyclic) bond motifs is 1. The highest BCUT2D eigenvalue weighted by Crippen LogP contribution is 2.28. The maximum Gasteiger partial charge on any atom is 0.360 e. The zero-order valence-electron chi connectivity index (χ0n) is 12.2. The molecular formula is C16H13N3O2S. The molecule has 0 unspecified atom stereocenters. The summed E-state index contributed by atoms with van der Waals surface area (Å²) in [5, 5.41) is 5.24. The number of thiazole rings is 1. The zero-order chi connectivity index (χ0) is 15.7. The van der Waals surface area contributed by atoms with Crippen molar-refractivity contribution in [2.24, 2.45) is 0 Å². The van der Waals surface area contributed by atoms with E-state index in [9.17, 15) is 4.79 Å². The molecule has 22 heavy (non-hydrogen) atoms. The van der Waals surface area contributed by atoms with Crippen LogP contribution in [0.2, 0.25) is 0 Å². The fraction of sp³-hybridized carbons (Fsp3) is 0.188. The Hall–Kier alpha value is -2.65. The van der Waals surface area contributed by atoms with Crippen LogP contribution in [0.25, 0.3) is 16.0 Å². The monoisotopic (exact) mass is 311 g/mol. The van der Waals surface area contributed by atoms with Crippen LogP contribution >= 0.6 is 11.3 Å². The van der Waals surface area contributed by atoms with Gasteiger partial charge < -0.3 is 4.74 Å². The summed E-state index contributed by atoms with van der Waals surface area (Å²) in [5.41, 5.74) is 2.43. The molecular weight excluding hydrogens is 298 g/mol. The summed E-state index contributed by atoms with van der Waals surface area (Å²) in [6.07, 6.45) is 5.44. The van der Waals surface area contributed by atoms with Crippen LogP contribution < -0.4 is 0 Å². The van der Waals surface area contributed by atoms with Gasteiger partial charge in [-0.25, -0.2) is 14.5 Å². The number of carbonyl (C=O) groups is 1. The van der Waals surface area contributed by atoms with E-state index in [2.05, 4.69) is 16.0 Å². The summed E-state index contributed by atoms with van der Waals surface area (Å²) in [4.78, 5) is 16.6. The highest BCUT2D eigenvalue weighted by molar-refractivity contribution is 7.18. The molecule has 0 N–H and O–H groups in total. The Balaban J connectivity index is 2.21. The molecule has 0 aliphatic rings. The van der Waals surface area contributed by atoms with Gasteiger partial charge in [0.15, 0.2) is 11.3 Å². The number of hydrogen-bond donors (Lipinski definition) is 0. The molecule has 0 atom stereocenters. The van der Waals surface area contributed by atoms with Gasteiger partial charge in [0.1, 0.15) is 4.70 Å². The van der Waals surface area contributed by atoms with E-state index in [1.165, 1.54) is 11.3 Å². The first-order chi connectivity index (χ1) is 10.6. The molecule has 0 saturated heterocycles. The molecule has 0 aliphatic carbocycles. The highest BCUT2D eigenvalue weighted by atomic mass is 32.1. The first-order valence-corrected chi connectivity index (χ1v) is 7.56. The van der Waals surface area contributed by atoms with Crippen molar-refractivity contribution >= 4 is 27.7 Å². The standard InChI is InChI=1S/C16H13N3O2S/c1-4-11-7-6-8-12(9-11)19-15-14(22-10(3)17-15)13(18-19)16(20)21-5-2/h1,6-9H,5H2,2-3H3. The minimum atomic E-state index is -0.442. The number of benzene rings is 1. The molecule has 110 valence electrons. The highest BCUT2D eigenvalue weighted by Gasteiger charge is 2.22. The third-order valence-electron chi connectivity index (χ3n) is 3.06. The van der Waals surface area contributed by atoms with E-state index in [1.807, 2.05) is 31.2 Å². The molecule has 0 spiro atoms. The van der Waals surface area contributed by atoms with E-state index < -0.39 is 5.97 Å². The Labute approximate surface area is 131 Å². The molecule has 0 fully saturated rings. The summed E-state index contributed by atoms with van der Waals surface area (Å²) in [6, 6.07) is 7.39. The fourth-order valence-electron chi connectivity index (χ4n) is 2.15. The van der Waals surface area contributed by atoms with E-state index in [0.717, 1.165) is 21.0 Å². The number of aryl methyl sites for hydroxylation is 1. The van der Waals surface area contributed by atoms with E-state index in [1.54, 1.807) is 11.6 Å². The quantitative estimate of drug-likeness (QED) is 0.551. The van der Waals surface area contributed by atoms with Crippen molar-refractivity contribution in [3.05, 3.63) is 40.5 Å². The van der Waals surface area contributed by atoms with Gasteiger partial charge in [0.2, 0.25) is 0 Å². The second-order valence-corrected chi connectivity index (χ2v) is 5.76. The minimum absolute atomic E-state index is 0.286. The smallest absolute Gasteiger partial charge is 0.360 e. The average molecular weight is 311 g/mol. The van der Waals surface area contributed by atoms with E-state index in [0.29, 0.717) is 12.3 Å². The average Bonchev–Trinajstić information content (AvgIpc) is 3.04. The van der Waals surface area contributed by atoms with Gasteiger partial charge in [0.05, 0.1) is 17.3 Å². The summed E-state index contributed by atoms with van der Waals surface area (Å²) < 4.78 is 7.43. The summed E-state index contributed by atoms with van der Waals surface area (Å²) in [7, 11) is 0. The zero-order valence-corrected chi connectivity index (χ0v) is 13.0. The number of esters is 1. The van der Waals surface area contributed by atoms with Crippen molar-refractivity contribution in [1.82, 2.24) is 14.8 Å². The Bertz CT molecular complexity index is 902. The maximum atomic E-state index is 12.1. The van der Waals surface area contributed by atoms with Crippen LogP contribution in [0.4, 0.5) is 0 Å². The molecule has 1 aromatic carbocycles. The third kappa shape index (κ3) is 2.36. The number of terminal acetylenes is 1. The Morgan fingerprint density at radius 1 is 1.50 bits per heavy atom. The molecule has 3 aromatic rings. The molecule has 3 rings (SSSR count). The first-order valence-electron chi connectivity index (χ1n) is 6.74. The van der Waals surface area contributed by atoms with Crippen molar-refractivity contribution in [2.45, 2.75) is 13.8 Å². The lowest BCUT2D eigenvalue weighted by atomic mass is 10.2. The van der Waals surface area contributed by atoms with E-state index in [4.69, 9.17) is 11.2 Å². The normalized spacial score (nSPS) is 10.6. The number of rotatable bonds is 3. The predicted molar refractivity (Wildman–Crippen MR) is 85.4 cm³/mol. The second-order valence-electron chi connectivity index (χ2n) is 4.56. The largest absolute Gasteiger partial charge is 0.461 e. The van der Waals surface area contributed by atoms with Crippen LogP contribution in [0.3, 0.4) is 0 Å². The van der Waals surface area contributed by atoms with Crippen molar-refractivity contribution in [3.8, 4) is 18.0 Å². The number of ether oxygens (including phenoxy) is 1. The fourth-order valence-corrected chi connectivity index (χ4v) is 3.02. The predicted octanol–water partition coefficient (Wildman–Crippen LogP) is 2.95. The van der Waals surface area contributed by atoms with Gasteiger partial charge in [-0.2, -0.15) is 5.10 Å². The van der Waals surface area contributed by atoms with Crippen LogP contribution in [-0.2, 0) is 4.74 Å². The molecule has 0 aliphatic heterocycles. The van der Waals surface area contributed by atoms with Crippen LogP contribution in [0.5, 0.6) is 0 Å². The van der Waals surface area contributed by atoms with Gasteiger partial charge in [-0.1, -0.05) is 12.0 Å². The maximum absolute atomic E-state index is 12.1. The number of carbonyl (C=O) groups excluding carboxylic acids is 1. The van der Waals surface area contributed by atoms with Gasteiger partial charge in [0, 0.05) is 5.56 Å². The lowest BCUT2D eigenvalue weighted by Crippen LogP contribution is -2.07. The third-order valence-corrected chi connectivity index (χ3v) is 4.02. The molecule has 0 saturated carbocycles. The van der Waals surface area contributed by atoms with Gasteiger partial charge in [0.25, 0.3) is 0 Å². The van der Waals surface area contributed by atoms with Crippen molar-refractivity contribution in [3.63, 3.8) is 0 Å². The summed E-state index contributed by atoms with van der Waals surface area (Å²) >= 11 is 1.42. The van der Waals surface area contributed by atoms with Crippen LogP contribution in [0, 0.1) is 19.3 Å². The minimum Gasteiger partial charge on any atom is -0.461 e. The van der Waals surface area contributed by atoms with Crippen molar-refractivity contribution < 1.29 is 9.53 Å². The molecule has 2 aromatic heterocycles. The van der Waals surface area contributed by atoms with Crippen molar-refractivity contribution in [2.75, 3.05) is 6.61 Å².